The van der Waals surface area contributed by atoms with E-state index >= 15 is 0 Å². The maximum Gasteiger partial charge on any atom is 0.335 e. The first-order valence-corrected chi connectivity index (χ1v) is 4.37. The lowest BCUT2D eigenvalue weighted by molar-refractivity contribution is 0.330. The third-order valence-electron chi connectivity index (χ3n) is 0.696. The minimum Gasteiger partial charge on any atom is -0.329 e. The van der Waals surface area contributed by atoms with Crippen molar-refractivity contribution in [3.63, 3.8) is 0 Å². The summed E-state index contributed by atoms with van der Waals surface area (Å²) in [4.78, 5) is 0. The fraction of sp³-hybridized carbons (Fsp3) is 1.00. The van der Waals surface area contributed by atoms with Gasteiger partial charge in [0, 0.05) is 13.1 Å². The molecule has 0 aliphatic rings. The van der Waals surface area contributed by atoms with Gasteiger partial charge in [-0.05, 0) is 6.92 Å². The third-order valence-corrected chi connectivity index (χ3v) is 1.80. The van der Waals surface area contributed by atoms with Gasteiger partial charge in [-0.3, -0.25) is 4.18 Å². The molecule has 0 heterocycles. The molecule has 0 atom stereocenters. The Balaban J connectivity index is 3.65. The zero-order valence-corrected chi connectivity index (χ0v) is 6.65. The summed E-state index contributed by atoms with van der Waals surface area (Å²) in [6.07, 6.45) is 0. The second kappa shape index (κ2) is 4.62. The van der Waals surface area contributed by atoms with Gasteiger partial charge in [0.2, 0.25) is 0 Å². The van der Waals surface area contributed by atoms with Gasteiger partial charge in [-0.2, -0.15) is 13.1 Å². The van der Waals surface area contributed by atoms with Crippen LogP contribution in [0.4, 0.5) is 0 Å². The Morgan fingerprint density at radius 3 is 2.60 bits per heavy atom. The van der Waals surface area contributed by atoms with Crippen LogP contribution in [-0.4, -0.2) is 28.1 Å². The van der Waals surface area contributed by atoms with E-state index in [1.54, 1.807) is 6.92 Å². The minimum atomic E-state index is -3.52. The first-order valence-electron chi connectivity index (χ1n) is 2.96. The van der Waals surface area contributed by atoms with Crippen molar-refractivity contribution in [1.82, 2.24) is 4.72 Å². The Kier molecular flexibility index (Phi) is 4.54. The monoisotopic (exact) mass is 168 g/mol. The Morgan fingerprint density at radius 2 is 2.20 bits per heavy atom. The molecule has 0 amide bonds. The molecule has 6 heteroatoms. The molecule has 3 N–H and O–H groups in total. The van der Waals surface area contributed by atoms with Gasteiger partial charge in [0.1, 0.15) is 0 Å². The Hall–Kier alpha value is -0.170. The van der Waals surface area contributed by atoms with E-state index in [2.05, 4.69) is 8.91 Å². The highest BCUT2D eigenvalue weighted by atomic mass is 32.2. The van der Waals surface area contributed by atoms with Crippen LogP contribution in [0.3, 0.4) is 0 Å². The van der Waals surface area contributed by atoms with Gasteiger partial charge in [-0.15, -0.1) is 0 Å². The van der Waals surface area contributed by atoms with Gasteiger partial charge in [-0.25, -0.2) is 0 Å². The van der Waals surface area contributed by atoms with Crippen molar-refractivity contribution in [3.8, 4) is 0 Å². The van der Waals surface area contributed by atoms with E-state index in [1.807, 2.05) is 0 Å². The van der Waals surface area contributed by atoms with Crippen LogP contribution in [0.2, 0.25) is 0 Å². The second-order valence-corrected chi connectivity index (χ2v) is 2.98. The highest BCUT2D eigenvalue weighted by molar-refractivity contribution is 7.84. The highest BCUT2D eigenvalue weighted by Gasteiger charge is 2.05. The molecular weight excluding hydrogens is 156 g/mol. The predicted octanol–water partition coefficient (Wildman–Crippen LogP) is -1.18. The van der Waals surface area contributed by atoms with Gasteiger partial charge in [0.05, 0.1) is 6.61 Å². The summed E-state index contributed by atoms with van der Waals surface area (Å²) >= 11 is 0. The molecule has 0 spiro atoms. The van der Waals surface area contributed by atoms with Gasteiger partial charge in [0.25, 0.3) is 0 Å². The summed E-state index contributed by atoms with van der Waals surface area (Å²) in [6, 6.07) is 0. The van der Waals surface area contributed by atoms with Crippen molar-refractivity contribution >= 4 is 10.3 Å². The van der Waals surface area contributed by atoms with Crippen molar-refractivity contribution in [2.75, 3.05) is 19.7 Å². The molecule has 5 nitrogen and oxygen atoms in total. The molecule has 10 heavy (non-hydrogen) atoms. The number of nitrogens with one attached hydrogen (secondary N) is 1. The zero-order valence-electron chi connectivity index (χ0n) is 5.83. The fourth-order valence-corrected chi connectivity index (χ4v) is 1.14. The molecule has 0 unspecified atom stereocenters. The predicted molar refractivity (Wildman–Crippen MR) is 37.6 cm³/mol. The molecule has 0 rings (SSSR count). The summed E-state index contributed by atoms with van der Waals surface area (Å²) in [5.74, 6) is 0. The average molecular weight is 168 g/mol. The van der Waals surface area contributed by atoms with E-state index in [-0.39, 0.29) is 19.7 Å². The maximum atomic E-state index is 10.6. The van der Waals surface area contributed by atoms with Crippen molar-refractivity contribution in [2.24, 2.45) is 5.73 Å². The van der Waals surface area contributed by atoms with E-state index in [9.17, 15) is 8.42 Å². The van der Waals surface area contributed by atoms with Crippen LogP contribution in [0.25, 0.3) is 0 Å². The number of rotatable bonds is 5. The van der Waals surface area contributed by atoms with E-state index < -0.39 is 10.3 Å². The second-order valence-electron chi connectivity index (χ2n) is 1.54. The molecule has 0 radical (unpaired) electrons. The van der Waals surface area contributed by atoms with E-state index in [1.165, 1.54) is 0 Å². The van der Waals surface area contributed by atoms with Gasteiger partial charge in [0.15, 0.2) is 0 Å². The molecule has 0 saturated heterocycles. The standard InChI is InChI=1S/C4H12N2O3S/c1-2-9-10(7,8)6-4-3-5/h6H,2-5H2,1H3. The lowest BCUT2D eigenvalue weighted by Gasteiger charge is -2.02. The molecule has 0 aromatic rings. The average Bonchev–Trinajstić information content (AvgIpc) is 1.84. The molecule has 0 bridgehead atoms. The summed E-state index contributed by atoms with van der Waals surface area (Å²) in [5.41, 5.74) is 5.05. The van der Waals surface area contributed by atoms with Crippen LogP contribution in [-0.2, 0) is 14.5 Å². The Labute approximate surface area is 60.8 Å². The third kappa shape index (κ3) is 4.68. The topological polar surface area (TPSA) is 81.4 Å². The highest BCUT2D eigenvalue weighted by Crippen LogP contribution is 1.84. The quantitative estimate of drug-likeness (QED) is 0.541. The lowest BCUT2D eigenvalue weighted by Crippen LogP contribution is -2.30. The molecule has 0 aromatic carbocycles. The Bertz CT molecular complexity index is 165. The smallest absolute Gasteiger partial charge is 0.329 e. The summed E-state index contributed by atoms with van der Waals surface area (Å²) in [7, 11) is -3.52. The fourth-order valence-electron chi connectivity index (χ4n) is 0.381. The first kappa shape index (κ1) is 9.83. The SMILES string of the molecule is CCOS(=O)(=O)NCCN. The van der Waals surface area contributed by atoms with Crippen molar-refractivity contribution < 1.29 is 12.6 Å². The summed E-state index contributed by atoms with van der Waals surface area (Å²) in [5, 5.41) is 0. The number of hydrogen-bond donors (Lipinski definition) is 2. The van der Waals surface area contributed by atoms with Crippen molar-refractivity contribution in [1.29, 1.82) is 0 Å². The zero-order chi connectivity index (χ0) is 8.04. The van der Waals surface area contributed by atoms with Crippen LogP contribution in [0, 0.1) is 0 Å². The van der Waals surface area contributed by atoms with Crippen molar-refractivity contribution in [2.45, 2.75) is 6.92 Å². The van der Waals surface area contributed by atoms with Gasteiger partial charge >= 0.3 is 10.3 Å². The van der Waals surface area contributed by atoms with Crippen molar-refractivity contribution in [3.05, 3.63) is 0 Å². The first-order chi connectivity index (χ1) is 4.62. The van der Waals surface area contributed by atoms with E-state index in [0.29, 0.717) is 0 Å². The molecular formula is C4H12N2O3S. The molecule has 0 fully saturated rings. The molecule has 62 valence electrons. The molecule has 0 saturated carbocycles. The van der Waals surface area contributed by atoms with E-state index in [4.69, 9.17) is 5.73 Å². The lowest BCUT2D eigenvalue weighted by atomic mass is 10.7. The summed E-state index contributed by atoms with van der Waals surface area (Å²) < 4.78 is 27.7. The molecule has 0 aliphatic carbocycles. The number of nitrogens with two attached hydrogens (primary N) is 1. The van der Waals surface area contributed by atoms with Gasteiger partial charge in [-0.1, -0.05) is 0 Å². The molecule has 0 aliphatic heterocycles. The van der Waals surface area contributed by atoms with E-state index in [0.717, 1.165) is 0 Å². The van der Waals surface area contributed by atoms with Crippen LogP contribution in [0.1, 0.15) is 6.92 Å². The van der Waals surface area contributed by atoms with Crippen LogP contribution >= 0.6 is 0 Å². The normalized spacial score (nSPS) is 11.8. The number of hydrogen-bond acceptors (Lipinski definition) is 4. The Morgan fingerprint density at radius 1 is 1.60 bits per heavy atom. The van der Waals surface area contributed by atoms with Crippen LogP contribution < -0.4 is 10.5 Å². The minimum absolute atomic E-state index is 0.139. The largest absolute Gasteiger partial charge is 0.335 e. The van der Waals surface area contributed by atoms with Crippen LogP contribution in [0.15, 0.2) is 0 Å². The van der Waals surface area contributed by atoms with Crippen LogP contribution in [0.5, 0.6) is 0 Å². The molecule has 0 aromatic heterocycles. The van der Waals surface area contributed by atoms with Gasteiger partial charge < -0.3 is 5.73 Å². The maximum absolute atomic E-state index is 10.6. The summed E-state index contributed by atoms with van der Waals surface area (Å²) in [6.45, 7) is 2.22.